The average molecular weight is 345 g/mol. The summed E-state index contributed by atoms with van der Waals surface area (Å²) in [7, 11) is 0. The number of aryl methyl sites for hydroxylation is 1. The number of aromatic nitrogens is 1. The fraction of sp³-hybridized carbons (Fsp3) is 0.500. The number of amides is 2. The largest absolute Gasteiger partial charge is 0.466 e. The van der Waals surface area contributed by atoms with E-state index < -0.39 is 0 Å². The van der Waals surface area contributed by atoms with E-state index in [2.05, 4.69) is 10.5 Å². The van der Waals surface area contributed by atoms with Gasteiger partial charge in [0.15, 0.2) is 5.58 Å². The van der Waals surface area contributed by atoms with Crippen LogP contribution in [-0.2, 0) is 16.1 Å². The van der Waals surface area contributed by atoms with Crippen LogP contribution in [0.3, 0.4) is 0 Å². The van der Waals surface area contributed by atoms with Gasteiger partial charge < -0.3 is 19.5 Å². The first-order valence-electron chi connectivity index (χ1n) is 8.62. The van der Waals surface area contributed by atoms with Crippen LogP contribution in [0.2, 0.25) is 0 Å². The average Bonchev–Trinajstić information content (AvgIpc) is 3.02. The van der Waals surface area contributed by atoms with Gasteiger partial charge in [-0.15, -0.1) is 0 Å². The number of nitrogens with zero attached hydrogens (tertiary/aromatic N) is 2. The number of esters is 1. The van der Waals surface area contributed by atoms with Gasteiger partial charge in [-0.1, -0.05) is 16.8 Å². The normalized spacial score (nSPS) is 15.4. The zero-order valence-corrected chi connectivity index (χ0v) is 14.6. The van der Waals surface area contributed by atoms with Gasteiger partial charge >= 0.3 is 12.0 Å². The molecule has 3 rings (SSSR count). The molecule has 0 spiro atoms. The number of carbonyl (C=O) groups excluding carboxylic acids is 2. The fourth-order valence-electron chi connectivity index (χ4n) is 3.08. The van der Waals surface area contributed by atoms with Crippen LogP contribution in [-0.4, -0.2) is 41.8 Å². The molecule has 7 nitrogen and oxygen atoms in total. The second-order valence-corrected chi connectivity index (χ2v) is 6.30. The SMILES string of the molecule is CCOC(=O)C1CCN(C(=O)NCc2noc3ccc(C)cc23)CC1. The van der Waals surface area contributed by atoms with E-state index in [4.69, 9.17) is 9.26 Å². The third kappa shape index (κ3) is 3.92. The molecule has 2 amide bonds. The first-order chi connectivity index (χ1) is 12.1. The molecule has 1 aliphatic heterocycles. The number of hydrogen-bond acceptors (Lipinski definition) is 5. The number of ether oxygens (including phenoxy) is 1. The number of likely N-dealkylation sites (tertiary alicyclic amines) is 1. The van der Waals surface area contributed by atoms with Crippen LogP contribution in [0.1, 0.15) is 31.0 Å². The molecule has 0 atom stereocenters. The summed E-state index contributed by atoms with van der Waals surface area (Å²) >= 11 is 0. The third-order valence-corrected chi connectivity index (χ3v) is 4.51. The van der Waals surface area contributed by atoms with Crippen LogP contribution in [0.25, 0.3) is 11.0 Å². The molecule has 1 aromatic heterocycles. The van der Waals surface area contributed by atoms with Crippen molar-refractivity contribution in [3.05, 3.63) is 29.5 Å². The van der Waals surface area contributed by atoms with E-state index in [1.807, 2.05) is 25.1 Å². The Bertz CT molecular complexity index is 763. The van der Waals surface area contributed by atoms with Crippen molar-refractivity contribution in [2.75, 3.05) is 19.7 Å². The maximum absolute atomic E-state index is 12.3. The van der Waals surface area contributed by atoms with Crippen LogP contribution in [0.4, 0.5) is 4.79 Å². The molecule has 1 aromatic carbocycles. The predicted octanol–water partition coefficient (Wildman–Crippen LogP) is 2.62. The lowest BCUT2D eigenvalue weighted by Gasteiger charge is -2.30. The Kier molecular flexibility index (Phi) is 5.21. The highest BCUT2D eigenvalue weighted by atomic mass is 16.5. The molecule has 134 valence electrons. The van der Waals surface area contributed by atoms with Gasteiger partial charge in [0.05, 0.1) is 19.1 Å². The van der Waals surface area contributed by atoms with E-state index in [9.17, 15) is 9.59 Å². The van der Waals surface area contributed by atoms with Gasteiger partial charge in [-0.2, -0.15) is 0 Å². The number of nitrogens with one attached hydrogen (secondary N) is 1. The van der Waals surface area contributed by atoms with Crippen molar-refractivity contribution < 1.29 is 18.8 Å². The quantitative estimate of drug-likeness (QED) is 0.861. The van der Waals surface area contributed by atoms with Crippen molar-refractivity contribution in [1.82, 2.24) is 15.4 Å². The molecule has 0 radical (unpaired) electrons. The lowest BCUT2D eigenvalue weighted by molar-refractivity contribution is -0.149. The smallest absolute Gasteiger partial charge is 0.317 e. The van der Waals surface area contributed by atoms with Gasteiger partial charge in [0.25, 0.3) is 0 Å². The summed E-state index contributed by atoms with van der Waals surface area (Å²) in [6, 6.07) is 5.69. The highest BCUT2D eigenvalue weighted by Crippen LogP contribution is 2.21. The minimum Gasteiger partial charge on any atom is -0.466 e. The molecule has 2 heterocycles. The maximum atomic E-state index is 12.3. The van der Waals surface area contributed by atoms with E-state index in [0.717, 1.165) is 10.9 Å². The Morgan fingerprint density at radius 1 is 1.36 bits per heavy atom. The van der Waals surface area contributed by atoms with Crippen molar-refractivity contribution in [2.24, 2.45) is 5.92 Å². The fourth-order valence-corrected chi connectivity index (χ4v) is 3.08. The molecule has 2 aromatic rings. The topological polar surface area (TPSA) is 84.7 Å². The van der Waals surface area contributed by atoms with Crippen molar-refractivity contribution >= 4 is 23.0 Å². The third-order valence-electron chi connectivity index (χ3n) is 4.51. The number of hydrogen-bond donors (Lipinski definition) is 1. The van der Waals surface area contributed by atoms with E-state index in [1.165, 1.54) is 0 Å². The number of benzene rings is 1. The monoisotopic (exact) mass is 345 g/mol. The van der Waals surface area contributed by atoms with Gasteiger partial charge in [-0.3, -0.25) is 4.79 Å². The van der Waals surface area contributed by atoms with Crippen LogP contribution in [0.5, 0.6) is 0 Å². The van der Waals surface area contributed by atoms with Crippen LogP contribution in [0.15, 0.2) is 22.7 Å². The second-order valence-electron chi connectivity index (χ2n) is 6.30. The zero-order chi connectivity index (χ0) is 17.8. The van der Waals surface area contributed by atoms with Crippen LogP contribution >= 0.6 is 0 Å². The van der Waals surface area contributed by atoms with Crippen LogP contribution in [0, 0.1) is 12.8 Å². The summed E-state index contributed by atoms with van der Waals surface area (Å²) < 4.78 is 10.3. The zero-order valence-electron chi connectivity index (χ0n) is 14.6. The van der Waals surface area contributed by atoms with E-state index >= 15 is 0 Å². The molecule has 25 heavy (non-hydrogen) atoms. The molecule has 0 aliphatic carbocycles. The summed E-state index contributed by atoms with van der Waals surface area (Å²) in [4.78, 5) is 25.8. The van der Waals surface area contributed by atoms with Crippen molar-refractivity contribution in [3.63, 3.8) is 0 Å². The first kappa shape index (κ1) is 17.3. The van der Waals surface area contributed by atoms with Gasteiger partial charge in [-0.05, 0) is 38.8 Å². The first-order valence-corrected chi connectivity index (χ1v) is 8.62. The van der Waals surface area contributed by atoms with Gasteiger partial charge in [0, 0.05) is 18.5 Å². The molecule has 7 heteroatoms. The molecule has 1 saturated heterocycles. The maximum Gasteiger partial charge on any atom is 0.317 e. The Labute approximate surface area is 146 Å². The lowest BCUT2D eigenvalue weighted by Crippen LogP contribution is -2.45. The minimum absolute atomic E-state index is 0.105. The molecule has 1 fully saturated rings. The number of carbonyl (C=O) groups is 2. The predicted molar refractivity (Wildman–Crippen MR) is 91.9 cm³/mol. The van der Waals surface area contributed by atoms with E-state index in [1.54, 1.807) is 11.8 Å². The number of urea groups is 1. The molecule has 0 bridgehead atoms. The van der Waals surface area contributed by atoms with Crippen molar-refractivity contribution in [2.45, 2.75) is 33.2 Å². The Morgan fingerprint density at radius 2 is 2.12 bits per heavy atom. The summed E-state index contributed by atoms with van der Waals surface area (Å²) in [6.45, 7) is 5.61. The summed E-state index contributed by atoms with van der Waals surface area (Å²) in [5, 5.41) is 7.84. The van der Waals surface area contributed by atoms with Crippen molar-refractivity contribution in [3.8, 4) is 0 Å². The Balaban J connectivity index is 1.53. The highest BCUT2D eigenvalue weighted by molar-refractivity contribution is 5.81. The van der Waals surface area contributed by atoms with Gasteiger partial charge in [0.2, 0.25) is 0 Å². The Morgan fingerprint density at radius 3 is 2.84 bits per heavy atom. The summed E-state index contributed by atoms with van der Waals surface area (Å²) in [6.07, 6.45) is 1.27. The lowest BCUT2D eigenvalue weighted by atomic mass is 9.97. The molecule has 0 unspecified atom stereocenters. The molecule has 0 saturated carbocycles. The molecule has 1 N–H and O–H groups in total. The molecular weight excluding hydrogens is 322 g/mol. The standard InChI is InChI=1S/C18H23N3O4/c1-3-24-17(22)13-6-8-21(9-7-13)18(23)19-11-15-14-10-12(2)4-5-16(14)25-20-15/h4-5,10,13H,3,6-9,11H2,1-2H3,(H,19,23). The Hall–Kier alpha value is -2.57. The van der Waals surface area contributed by atoms with Gasteiger partial charge in [0.1, 0.15) is 5.69 Å². The number of fused-ring (bicyclic) bond motifs is 1. The van der Waals surface area contributed by atoms with E-state index in [-0.39, 0.29) is 17.9 Å². The molecular formula is C18H23N3O4. The molecule has 1 aliphatic rings. The van der Waals surface area contributed by atoms with Gasteiger partial charge in [-0.25, -0.2) is 4.79 Å². The number of piperidine rings is 1. The van der Waals surface area contributed by atoms with Crippen molar-refractivity contribution in [1.29, 1.82) is 0 Å². The summed E-state index contributed by atoms with van der Waals surface area (Å²) in [5.74, 6) is -0.265. The summed E-state index contributed by atoms with van der Waals surface area (Å²) in [5.41, 5.74) is 2.54. The highest BCUT2D eigenvalue weighted by Gasteiger charge is 2.28. The number of rotatable bonds is 4. The minimum atomic E-state index is -0.160. The van der Waals surface area contributed by atoms with E-state index in [0.29, 0.717) is 50.4 Å². The van der Waals surface area contributed by atoms with Crippen LogP contribution < -0.4 is 5.32 Å². The second kappa shape index (κ2) is 7.55.